The molecule has 0 radical (unpaired) electrons. The highest BCUT2D eigenvalue weighted by Gasteiger charge is 2.46. The Balaban J connectivity index is 1.62. The molecule has 2 aromatic carbocycles. The number of likely N-dealkylation sites (N-methyl/N-ethyl adjacent to an activating group) is 1. The number of amides is 5. The van der Waals surface area contributed by atoms with Crippen molar-refractivity contribution < 1.29 is 38.6 Å². The molecule has 0 saturated carbocycles. The molecule has 282 valence electrons. The zero-order chi connectivity index (χ0) is 38.5. The van der Waals surface area contributed by atoms with Gasteiger partial charge in [0.05, 0.1) is 0 Å². The van der Waals surface area contributed by atoms with Crippen molar-refractivity contribution in [1.29, 1.82) is 0 Å². The number of nitrogens with zero attached hydrogens (tertiary/aromatic N) is 3. The monoisotopic (exact) mass is 719 g/mol. The van der Waals surface area contributed by atoms with Crippen LogP contribution in [0.1, 0.15) is 83.1 Å². The standard InChI is InChI=1S/C39H53N5O8/c1-24-16-26-14-15-27(18-28(26)20-43(24)23-45)29-19-31(34(47)40-30(36(49)50)17-25-12-10-9-11-13-25)44(21-29)35(48)33(38(2,3)4)41-32(46)22-42(8)37(51)52-39(5,6)7/h9-15,18,23-24,29-31,33H,16-17,19-22H2,1-8H3,(H,40,47)(H,41,46)(H,49,50)/t24?,29?,30-,31-,33+/m0/s1. The molecule has 2 aliphatic rings. The van der Waals surface area contributed by atoms with Gasteiger partial charge in [-0.3, -0.25) is 19.2 Å². The third-order valence-corrected chi connectivity index (χ3v) is 9.56. The summed E-state index contributed by atoms with van der Waals surface area (Å²) in [5.41, 5.74) is 2.17. The van der Waals surface area contributed by atoms with Gasteiger partial charge in [-0.1, -0.05) is 69.3 Å². The number of likely N-dealkylation sites (tertiary alicyclic amines) is 1. The highest BCUT2D eigenvalue weighted by molar-refractivity contribution is 5.95. The van der Waals surface area contributed by atoms with E-state index in [4.69, 9.17) is 4.74 Å². The number of ether oxygens (including phenoxy) is 1. The second-order valence-corrected chi connectivity index (χ2v) is 16.1. The molecule has 5 atom stereocenters. The molecule has 2 aliphatic heterocycles. The van der Waals surface area contributed by atoms with Crippen LogP contribution in [0.4, 0.5) is 4.79 Å². The summed E-state index contributed by atoms with van der Waals surface area (Å²) in [5, 5.41) is 15.5. The first-order valence-electron chi connectivity index (χ1n) is 17.7. The quantitative estimate of drug-likeness (QED) is 0.297. The Morgan fingerprint density at radius 2 is 1.67 bits per heavy atom. The van der Waals surface area contributed by atoms with E-state index in [9.17, 15) is 33.9 Å². The molecule has 2 heterocycles. The first kappa shape index (κ1) is 39.8. The molecule has 0 bridgehead atoms. The Morgan fingerprint density at radius 1 is 1.00 bits per heavy atom. The van der Waals surface area contributed by atoms with Crippen LogP contribution < -0.4 is 10.6 Å². The van der Waals surface area contributed by atoms with Crippen LogP contribution in [-0.2, 0) is 48.1 Å². The maximum atomic E-state index is 14.6. The third kappa shape index (κ3) is 10.1. The van der Waals surface area contributed by atoms with E-state index in [0.29, 0.717) is 13.0 Å². The summed E-state index contributed by atoms with van der Waals surface area (Å²) >= 11 is 0. The van der Waals surface area contributed by atoms with Crippen molar-refractivity contribution in [1.82, 2.24) is 25.3 Å². The highest BCUT2D eigenvalue weighted by Crippen LogP contribution is 2.36. The fraction of sp³-hybridized carbons (Fsp3) is 0.538. The smallest absolute Gasteiger partial charge is 0.410 e. The van der Waals surface area contributed by atoms with E-state index in [1.165, 1.54) is 11.9 Å². The van der Waals surface area contributed by atoms with Gasteiger partial charge in [0.25, 0.3) is 0 Å². The van der Waals surface area contributed by atoms with E-state index in [-0.39, 0.29) is 37.9 Å². The van der Waals surface area contributed by atoms with Gasteiger partial charge < -0.3 is 35.2 Å². The second kappa shape index (κ2) is 16.2. The Kier molecular flexibility index (Phi) is 12.4. The van der Waals surface area contributed by atoms with Crippen LogP contribution in [0.2, 0.25) is 0 Å². The highest BCUT2D eigenvalue weighted by atomic mass is 16.6. The SMILES string of the molecule is CC1Cc2ccc(C3C[C@@H](C(=O)N[C@@H](Cc4ccccc4)C(=O)O)N(C(=O)[C@@H](NC(=O)CN(C)C(=O)OC(C)(C)C)C(C)(C)C)C3)cc2CN1C=O. The average molecular weight is 720 g/mol. The summed E-state index contributed by atoms with van der Waals surface area (Å²) in [7, 11) is 1.43. The van der Waals surface area contributed by atoms with Crippen molar-refractivity contribution >= 4 is 36.2 Å². The summed E-state index contributed by atoms with van der Waals surface area (Å²) < 4.78 is 5.36. The molecule has 4 rings (SSSR count). The van der Waals surface area contributed by atoms with Gasteiger partial charge in [-0.25, -0.2) is 9.59 Å². The molecular formula is C39H53N5O8. The predicted octanol–water partition coefficient (Wildman–Crippen LogP) is 3.48. The Morgan fingerprint density at radius 3 is 2.27 bits per heavy atom. The fourth-order valence-electron chi connectivity index (χ4n) is 6.70. The van der Waals surface area contributed by atoms with Crippen molar-refractivity contribution in [2.24, 2.45) is 5.41 Å². The first-order chi connectivity index (χ1) is 24.3. The number of carboxylic acids is 1. The number of carboxylic acid groups (broad SMARTS) is 1. The Bertz CT molecular complexity index is 1650. The van der Waals surface area contributed by atoms with Gasteiger partial charge in [0.15, 0.2) is 0 Å². The summed E-state index contributed by atoms with van der Waals surface area (Å²) in [6.45, 7) is 12.7. The zero-order valence-corrected chi connectivity index (χ0v) is 31.5. The van der Waals surface area contributed by atoms with Crippen molar-refractivity contribution in [2.45, 2.75) is 110 Å². The second-order valence-electron chi connectivity index (χ2n) is 16.1. The maximum Gasteiger partial charge on any atom is 0.410 e. The van der Waals surface area contributed by atoms with Gasteiger partial charge in [0.2, 0.25) is 24.1 Å². The molecule has 52 heavy (non-hydrogen) atoms. The Hall–Kier alpha value is -4.94. The molecule has 3 N–H and O–H groups in total. The Labute approximate surface area is 306 Å². The number of rotatable bonds is 11. The topological polar surface area (TPSA) is 166 Å². The molecule has 2 unspecified atom stereocenters. The lowest BCUT2D eigenvalue weighted by molar-refractivity contribution is -0.146. The van der Waals surface area contributed by atoms with Crippen molar-refractivity contribution in [3.8, 4) is 0 Å². The normalized spacial score (nSPS) is 19.9. The van der Waals surface area contributed by atoms with Gasteiger partial charge in [-0.15, -0.1) is 0 Å². The number of carbonyl (C=O) groups excluding carboxylic acids is 5. The van der Waals surface area contributed by atoms with Gasteiger partial charge >= 0.3 is 12.1 Å². The lowest BCUT2D eigenvalue weighted by Gasteiger charge is -2.36. The van der Waals surface area contributed by atoms with E-state index in [0.717, 1.165) is 33.6 Å². The number of hydrogen-bond donors (Lipinski definition) is 3. The van der Waals surface area contributed by atoms with Gasteiger partial charge in [0, 0.05) is 38.5 Å². The molecule has 5 amide bonds. The van der Waals surface area contributed by atoms with E-state index in [1.54, 1.807) is 70.7 Å². The summed E-state index contributed by atoms with van der Waals surface area (Å²) in [5.74, 6) is -3.20. The number of benzene rings is 2. The summed E-state index contributed by atoms with van der Waals surface area (Å²) in [4.78, 5) is 82.8. The fourth-order valence-corrected chi connectivity index (χ4v) is 6.70. The van der Waals surface area contributed by atoms with E-state index >= 15 is 0 Å². The number of fused-ring (bicyclic) bond motifs is 1. The van der Waals surface area contributed by atoms with Crippen LogP contribution in [0.3, 0.4) is 0 Å². The first-order valence-corrected chi connectivity index (χ1v) is 17.7. The summed E-state index contributed by atoms with van der Waals surface area (Å²) in [6, 6.07) is 11.7. The molecule has 0 spiro atoms. The summed E-state index contributed by atoms with van der Waals surface area (Å²) in [6.07, 6.45) is 1.13. The minimum atomic E-state index is -1.24. The largest absolute Gasteiger partial charge is 0.480 e. The minimum absolute atomic E-state index is 0.0499. The predicted molar refractivity (Wildman–Crippen MR) is 194 cm³/mol. The molecule has 1 fully saturated rings. The number of hydrogen-bond acceptors (Lipinski definition) is 7. The van der Waals surface area contributed by atoms with E-state index < -0.39 is 58.9 Å². The number of carbonyl (C=O) groups is 6. The lowest BCUT2D eigenvalue weighted by atomic mass is 9.85. The molecule has 0 aliphatic carbocycles. The van der Waals surface area contributed by atoms with Crippen LogP contribution in [0.15, 0.2) is 48.5 Å². The van der Waals surface area contributed by atoms with Crippen LogP contribution >= 0.6 is 0 Å². The molecule has 0 aromatic heterocycles. The van der Waals surface area contributed by atoms with Crippen LogP contribution in [0.25, 0.3) is 0 Å². The van der Waals surface area contributed by atoms with Gasteiger partial charge in [-0.2, -0.15) is 0 Å². The van der Waals surface area contributed by atoms with E-state index in [1.807, 2.05) is 31.2 Å². The van der Waals surface area contributed by atoms with Gasteiger partial charge in [-0.05, 0) is 68.2 Å². The minimum Gasteiger partial charge on any atom is -0.480 e. The van der Waals surface area contributed by atoms with Crippen LogP contribution in [0, 0.1) is 5.41 Å². The molecule has 13 nitrogen and oxygen atoms in total. The lowest BCUT2D eigenvalue weighted by Crippen LogP contribution is -2.59. The van der Waals surface area contributed by atoms with Crippen molar-refractivity contribution in [3.05, 3.63) is 70.8 Å². The number of aliphatic carboxylic acids is 1. The van der Waals surface area contributed by atoms with E-state index in [2.05, 4.69) is 10.6 Å². The van der Waals surface area contributed by atoms with Crippen molar-refractivity contribution in [3.63, 3.8) is 0 Å². The van der Waals surface area contributed by atoms with Crippen LogP contribution in [0.5, 0.6) is 0 Å². The molecule has 2 aromatic rings. The third-order valence-electron chi connectivity index (χ3n) is 9.56. The van der Waals surface area contributed by atoms with Gasteiger partial charge in [0.1, 0.15) is 30.3 Å². The van der Waals surface area contributed by atoms with Crippen LogP contribution in [-0.4, -0.2) is 106 Å². The number of nitrogens with one attached hydrogen (secondary N) is 2. The molecule has 1 saturated heterocycles. The molecular weight excluding hydrogens is 666 g/mol. The zero-order valence-electron chi connectivity index (χ0n) is 31.5. The molecule has 13 heteroatoms. The van der Waals surface area contributed by atoms with Crippen molar-refractivity contribution in [2.75, 3.05) is 20.1 Å². The average Bonchev–Trinajstić information content (AvgIpc) is 3.51. The maximum absolute atomic E-state index is 14.6.